The van der Waals surface area contributed by atoms with Gasteiger partial charge in [0.1, 0.15) is 17.2 Å². The molecule has 0 bridgehead atoms. The number of aromatic nitrogens is 1. The van der Waals surface area contributed by atoms with Crippen molar-refractivity contribution in [2.45, 2.75) is 0 Å². The molecular weight excluding hydrogens is 248 g/mol. The number of oxazole rings is 1. The number of benzene rings is 2. The van der Waals surface area contributed by atoms with Crippen molar-refractivity contribution in [3.05, 3.63) is 65.6 Å². The first-order valence-corrected chi connectivity index (χ1v) is 5.71. The lowest BCUT2D eigenvalue weighted by Crippen LogP contribution is -1.83. The molecule has 0 radical (unpaired) electrons. The monoisotopic (exact) mass is 257 g/mol. The highest BCUT2D eigenvalue weighted by Gasteiger charge is 2.03. The first kappa shape index (κ1) is 11.6. The Kier molecular flexibility index (Phi) is 2.83. The summed E-state index contributed by atoms with van der Waals surface area (Å²) in [7, 11) is 0. The minimum absolute atomic E-state index is 0.281. The van der Waals surface area contributed by atoms with E-state index in [9.17, 15) is 8.78 Å². The molecule has 0 saturated carbocycles. The van der Waals surface area contributed by atoms with Crippen LogP contribution in [-0.4, -0.2) is 4.98 Å². The normalized spacial score (nSPS) is 11.5. The van der Waals surface area contributed by atoms with Crippen LogP contribution in [0.15, 0.2) is 46.9 Å². The third kappa shape index (κ3) is 2.38. The van der Waals surface area contributed by atoms with Crippen LogP contribution in [0.25, 0.3) is 23.3 Å². The van der Waals surface area contributed by atoms with Crippen molar-refractivity contribution >= 4 is 23.3 Å². The van der Waals surface area contributed by atoms with Gasteiger partial charge in [0, 0.05) is 17.7 Å². The first-order valence-electron chi connectivity index (χ1n) is 5.71. The molecule has 0 fully saturated rings. The number of fused-ring (bicyclic) bond motifs is 1. The summed E-state index contributed by atoms with van der Waals surface area (Å²) in [6, 6.07) is 10.7. The van der Waals surface area contributed by atoms with Crippen molar-refractivity contribution in [3.8, 4) is 0 Å². The molecule has 0 saturated heterocycles. The number of rotatable bonds is 2. The quantitative estimate of drug-likeness (QED) is 0.685. The van der Waals surface area contributed by atoms with E-state index < -0.39 is 11.6 Å². The van der Waals surface area contributed by atoms with Crippen LogP contribution in [-0.2, 0) is 0 Å². The largest absolute Gasteiger partial charge is 0.437 e. The second kappa shape index (κ2) is 4.65. The lowest BCUT2D eigenvalue weighted by Gasteiger charge is -1.95. The van der Waals surface area contributed by atoms with Crippen molar-refractivity contribution in [1.82, 2.24) is 4.98 Å². The molecule has 1 aromatic heterocycles. The summed E-state index contributed by atoms with van der Waals surface area (Å²) in [5.41, 5.74) is 1.69. The second-order valence-corrected chi connectivity index (χ2v) is 4.02. The number of nitrogens with zero attached hydrogens (tertiary/aromatic N) is 1. The van der Waals surface area contributed by atoms with Gasteiger partial charge in [0.2, 0.25) is 5.89 Å². The molecule has 19 heavy (non-hydrogen) atoms. The van der Waals surface area contributed by atoms with Crippen LogP contribution in [0.1, 0.15) is 11.5 Å². The predicted octanol–water partition coefficient (Wildman–Crippen LogP) is 4.28. The number of hydrogen-bond acceptors (Lipinski definition) is 2. The maximum Gasteiger partial charge on any atom is 0.220 e. The maximum atomic E-state index is 13.4. The summed E-state index contributed by atoms with van der Waals surface area (Å²) in [5, 5.41) is 0. The molecule has 1 heterocycles. The minimum atomic E-state index is -0.618. The lowest BCUT2D eigenvalue weighted by atomic mass is 10.2. The highest BCUT2D eigenvalue weighted by Crippen LogP contribution is 2.17. The molecule has 0 aliphatic carbocycles. The molecule has 0 unspecified atom stereocenters. The van der Waals surface area contributed by atoms with Gasteiger partial charge in [-0.25, -0.2) is 13.8 Å². The Morgan fingerprint density at radius 3 is 2.63 bits per heavy atom. The maximum absolute atomic E-state index is 13.4. The van der Waals surface area contributed by atoms with Crippen LogP contribution in [0.5, 0.6) is 0 Å². The van der Waals surface area contributed by atoms with E-state index in [1.54, 1.807) is 12.1 Å². The van der Waals surface area contributed by atoms with E-state index >= 15 is 0 Å². The molecule has 0 aliphatic rings. The molecule has 0 N–H and O–H groups in total. The molecule has 0 spiro atoms. The fraction of sp³-hybridized carbons (Fsp3) is 0. The van der Waals surface area contributed by atoms with Gasteiger partial charge in [0.15, 0.2) is 5.58 Å². The molecular formula is C15H9F2NO. The van der Waals surface area contributed by atoms with E-state index in [2.05, 4.69) is 4.98 Å². The molecule has 94 valence electrons. The Morgan fingerprint density at radius 2 is 1.84 bits per heavy atom. The number of halogens is 2. The SMILES string of the molecule is Fc1ccc(/C=C/c2nc3ccccc3o2)c(F)c1. The van der Waals surface area contributed by atoms with Crippen molar-refractivity contribution in [2.75, 3.05) is 0 Å². The van der Waals surface area contributed by atoms with Gasteiger partial charge in [-0.05, 0) is 30.3 Å². The van der Waals surface area contributed by atoms with E-state index in [-0.39, 0.29) is 5.56 Å². The summed E-state index contributed by atoms with van der Waals surface area (Å²) >= 11 is 0. The molecule has 0 amide bonds. The van der Waals surface area contributed by atoms with E-state index in [0.717, 1.165) is 11.6 Å². The zero-order valence-corrected chi connectivity index (χ0v) is 9.81. The van der Waals surface area contributed by atoms with E-state index in [1.807, 2.05) is 18.2 Å². The minimum Gasteiger partial charge on any atom is -0.437 e. The Morgan fingerprint density at radius 1 is 1.00 bits per heavy atom. The Labute approximate surface area is 108 Å². The van der Waals surface area contributed by atoms with Gasteiger partial charge < -0.3 is 4.42 Å². The van der Waals surface area contributed by atoms with Gasteiger partial charge in [0.05, 0.1) is 0 Å². The van der Waals surface area contributed by atoms with Crippen molar-refractivity contribution in [1.29, 1.82) is 0 Å². The summed E-state index contributed by atoms with van der Waals surface area (Å²) in [4.78, 5) is 4.23. The van der Waals surface area contributed by atoms with Gasteiger partial charge in [-0.2, -0.15) is 0 Å². The number of hydrogen-bond donors (Lipinski definition) is 0. The van der Waals surface area contributed by atoms with Crippen LogP contribution < -0.4 is 0 Å². The van der Waals surface area contributed by atoms with E-state index in [0.29, 0.717) is 11.5 Å². The van der Waals surface area contributed by atoms with E-state index in [4.69, 9.17) is 4.42 Å². The molecule has 3 aromatic rings. The summed E-state index contributed by atoms with van der Waals surface area (Å²) in [6.45, 7) is 0. The molecule has 0 atom stereocenters. The third-order valence-corrected chi connectivity index (χ3v) is 2.68. The van der Waals surface area contributed by atoms with Gasteiger partial charge in [-0.15, -0.1) is 0 Å². The smallest absolute Gasteiger partial charge is 0.220 e. The Hall–Kier alpha value is -2.49. The van der Waals surface area contributed by atoms with Crippen molar-refractivity contribution < 1.29 is 13.2 Å². The first-order chi connectivity index (χ1) is 9.22. The van der Waals surface area contributed by atoms with Crippen LogP contribution >= 0.6 is 0 Å². The van der Waals surface area contributed by atoms with Crippen molar-refractivity contribution in [3.63, 3.8) is 0 Å². The second-order valence-electron chi connectivity index (χ2n) is 4.02. The highest BCUT2D eigenvalue weighted by atomic mass is 19.1. The van der Waals surface area contributed by atoms with Gasteiger partial charge in [-0.3, -0.25) is 0 Å². The predicted molar refractivity (Wildman–Crippen MR) is 69.3 cm³/mol. The topological polar surface area (TPSA) is 26.0 Å². The fourth-order valence-electron chi connectivity index (χ4n) is 1.76. The molecule has 2 nitrogen and oxygen atoms in total. The average molecular weight is 257 g/mol. The molecule has 4 heteroatoms. The zero-order valence-electron chi connectivity index (χ0n) is 9.81. The van der Waals surface area contributed by atoms with Crippen molar-refractivity contribution in [2.24, 2.45) is 0 Å². The Bertz CT molecular complexity index is 729. The summed E-state index contributed by atoms with van der Waals surface area (Å²) in [6.07, 6.45) is 3.05. The molecule has 3 rings (SSSR count). The highest BCUT2D eigenvalue weighted by molar-refractivity contribution is 5.75. The Balaban J connectivity index is 1.93. The van der Waals surface area contributed by atoms with Gasteiger partial charge in [0.25, 0.3) is 0 Å². The lowest BCUT2D eigenvalue weighted by molar-refractivity contribution is 0.581. The van der Waals surface area contributed by atoms with Gasteiger partial charge >= 0.3 is 0 Å². The van der Waals surface area contributed by atoms with Crippen LogP contribution in [0.3, 0.4) is 0 Å². The molecule has 0 aliphatic heterocycles. The van der Waals surface area contributed by atoms with Crippen LogP contribution in [0, 0.1) is 11.6 Å². The fourth-order valence-corrected chi connectivity index (χ4v) is 1.76. The summed E-state index contributed by atoms with van der Waals surface area (Å²) < 4.78 is 31.6. The van der Waals surface area contributed by atoms with Gasteiger partial charge in [-0.1, -0.05) is 12.1 Å². The number of para-hydroxylation sites is 2. The standard InChI is InChI=1S/C15H9F2NO/c16-11-7-5-10(12(17)9-11)6-8-15-18-13-3-1-2-4-14(13)19-15/h1-9H/b8-6+. The summed E-state index contributed by atoms with van der Waals surface area (Å²) in [5.74, 6) is -0.839. The average Bonchev–Trinajstić information content (AvgIpc) is 2.80. The zero-order chi connectivity index (χ0) is 13.2. The van der Waals surface area contributed by atoms with Crippen LogP contribution in [0.4, 0.5) is 8.78 Å². The molecule has 2 aromatic carbocycles. The van der Waals surface area contributed by atoms with Crippen LogP contribution in [0.2, 0.25) is 0 Å². The van der Waals surface area contributed by atoms with E-state index in [1.165, 1.54) is 18.2 Å². The third-order valence-electron chi connectivity index (χ3n) is 2.68.